The molecule has 0 saturated heterocycles. The van der Waals surface area contributed by atoms with E-state index in [2.05, 4.69) is 20.8 Å². The molecule has 20 heavy (non-hydrogen) atoms. The fourth-order valence-corrected chi connectivity index (χ4v) is 4.62. The summed E-state index contributed by atoms with van der Waals surface area (Å²) in [6.07, 6.45) is 3.96. The topological polar surface area (TPSA) is 52.6 Å². The van der Waals surface area contributed by atoms with Gasteiger partial charge >= 0.3 is 11.9 Å². The van der Waals surface area contributed by atoms with Gasteiger partial charge in [-0.3, -0.25) is 9.59 Å². The van der Waals surface area contributed by atoms with E-state index in [4.69, 9.17) is 9.47 Å². The number of carbonyl (C=O) groups excluding carboxylic acids is 2. The van der Waals surface area contributed by atoms with Crippen LogP contribution >= 0.6 is 0 Å². The molecular formula is C16H26O4. The third-order valence-electron chi connectivity index (χ3n) is 6.09. The van der Waals surface area contributed by atoms with Crippen LogP contribution in [0.3, 0.4) is 0 Å². The quantitative estimate of drug-likeness (QED) is 0.747. The molecule has 0 heterocycles. The Morgan fingerprint density at radius 2 is 1.40 bits per heavy atom. The number of methoxy groups -OCH3 is 2. The van der Waals surface area contributed by atoms with Crippen molar-refractivity contribution in [3.05, 3.63) is 0 Å². The highest BCUT2D eigenvalue weighted by molar-refractivity contribution is 5.84. The standard InChI is InChI=1S/C16H26O4/c1-10(2)16-8-6-15(3,7-9-16)11(13(17)19-4)12(16)14(18)20-5/h10-12H,6-9H2,1-5H3/t11-,12-,15?,16?/m0/s1. The number of esters is 2. The van der Waals surface area contributed by atoms with E-state index in [1.165, 1.54) is 14.2 Å². The molecule has 0 radical (unpaired) electrons. The van der Waals surface area contributed by atoms with E-state index in [0.717, 1.165) is 25.7 Å². The van der Waals surface area contributed by atoms with Crippen LogP contribution in [0.4, 0.5) is 0 Å². The van der Waals surface area contributed by atoms with Crippen molar-refractivity contribution in [3.8, 4) is 0 Å². The zero-order valence-electron chi connectivity index (χ0n) is 13.2. The second-order valence-electron chi connectivity index (χ2n) is 7.04. The molecule has 2 bridgehead atoms. The molecule has 0 aliphatic heterocycles. The van der Waals surface area contributed by atoms with Crippen molar-refractivity contribution in [3.63, 3.8) is 0 Å². The van der Waals surface area contributed by atoms with Gasteiger partial charge in [-0.25, -0.2) is 0 Å². The number of hydrogen-bond donors (Lipinski definition) is 0. The van der Waals surface area contributed by atoms with E-state index in [0.29, 0.717) is 5.92 Å². The number of carbonyl (C=O) groups is 2. The van der Waals surface area contributed by atoms with E-state index in [-0.39, 0.29) is 34.6 Å². The first-order chi connectivity index (χ1) is 9.32. The van der Waals surface area contributed by atoms with Gasteiger partial charge in [-0.05, 0) is 42.4 Å². The first-order valence-electron chi connectivity index (χ1n) is 7.48. The molecule has 3 aliphatic rings. The first-order valence-corrected chi connectivity index (χ1v) is 7.48. The van der Waals surface area contributed by atoms with Crippen molar-refractivity contribution < 1.29 is 19.1 Å². The molecule has 4 nitrogen and oxygen atoms in total. The third-order valence-corrected chi connectivity index (χ3v) is 6.09. The smallest absolute Gasteiger partial charge is 0.310 e. The summed E-state index contributed by atoms with van der Waals surface area (Å²) in [4.78, 5) is 24.7. The Labute approximate surface area is 121 Å². The summed E-state index contributed by atoms with van der Waals surface area (Å²) in [6, 6.07) is 0. The molecule has 0 unspecified atom stereocenters. The van der Waals surface area contributed by atoms with Crippen LogP contribution in [0.2, 0.25) is 0 Å². The van der Waals surface area contributed by atoms with Gasteiger partial charge in [0, 0.05) is 0 Å². The summed E-state index contributed by atoms with van der Waals surface area (Å²) in [5.41, 5.74) is -0.258. The largest absolute Gasteiger partial charge is 0.469 e. The van der Waals surface area contributed by atoms with Crippen molar-refractivity contribution in [1.82, 2.24) is 0 Å². The van der Waals surface area contributed by atoms with Crippen LogP contribution in [0.5, 0.6) is 0 Å². The summed E-state index contributed by atoms with van der Waals surface area (Å²) in [5, 5.41) is 0. The zero-order valence-corrected chi connectivity index (χ0v) is 13.2. The molecule has 4 heteroatoms. The minimum atomic E-state index is -0.371. The van der Waals surface area contributed by atoms with Gasteiger partial charge in [-0.1, -0.05) is 20.8 Å². The highest BCUT2D eigenvalue weighted by Crippen LogP contribution is 2.65. The van der Waals surface area contributed by atoms with Gasteiger partial charge in [0.25, 0.3) is 0 Å². The Morgan fingerprint density at radius 3 is 1.80 bits per heavy atom. The lowest BCUT2D eigenvalue weighted by Crippen LogP contribution is -2.60. The lowest BCUT2D eigenvalue weighted by Gasteiger charge is -2.60. The van der Waals surface area contributed by atoms with Crippen LogP contribution in [0, 0.1) is 28.6 Å². The molecule has 0 amide bonds. The molecule has 0 N–H and O–H groups in total. The first kappa shape index (κ1) is 15.3. The molecule has 0 spiro atoms. The predicted molar refractivity (Wildman–Crippen MR) is 74.9 cm³/mol. The van der Waals surface area contributed by atoms with Crippen LogP contribution in [-0.4, -0.2) is 26.2 Å². The molecule has 3 rings (SSSR count). The zero-order chi connectivity index (χ0) is 15.1. The van der Waals surface area contributed by atoms with Gasteiger partial charge in [0.15, 0.2) is 0 Å². The predicted octanol–water partition coefficient (Wildman–Crippen LogP) is 2.80. The number of rotatable bonds is 3. The minimum Gasteiger partial charge on any atom is -0.469 e. The maximum absolute atomic E-state index is 12.4. The highest BCUT2D eigenvalue weighted by atomic mass is 16.5. The van der Waals surface area contributed by atoms with Crippen molar-refractivity contribution >= 4 is 11.9 Å². The summed E-state index contributed by atoms with van der Waals surface area (Å²) >= 11 is 0. The van der Waals surface area contributed by atoms with E-state index < -0.39 is 0 Å². The molecule has 0 aromatic carbocycles. The second-order valence-corrected chi connectivity index (χ2v) is 7.04. The van der Waals surface area contributed by atoms with Crippen LogP contribution in [-0.2, 0) is 19.1 Å². The number of hydrogen-bond acceptors (Lipinski definition) is 4. The molecular weight excluding hydrogens is 256 g/mol. The normalized spacial score (nSPS) is 39.7. The maximum atomic E-state index is 12.4. The molecule has 3 fully saturated rings. The second kappa shape index (κ2) is 5.05. The monoisotopic (exact) mass is 282 g/mol. The van der Waals surface area contributed by atoms with Crippen LogP contribution in [0.25, 0.3) is 0 Å². The van der Waals surface area contributed by atoms with Crippen molar-refractivity contribution in [2.45, 2.75) is 46.5 Å². The number of ether oxygens (including phenoxy) is 2. The Morgan fingerprint density at radius 1 is 0.950 bits per heavy atom. The lowest BCUT2D eigenvalue weighted by atomic mass is 9.42. The molecule has 3 aliphatic carbocycles. The molecule has 3 saturated carbocycles. The SMILES string of the molecule is COC(=O)[C@@H]1[C@@H](C(=O)OC)C2(C(C)C)CCC1(C)CC2. The van der Waals surface area contributed by atoms with Crippen LogP contribution in [0.1, 0.15) is 46.5 Å². The van der Waals surface area contributed by atoms with E-state index in [1.54, 1.807) is 0 Å². The Bertz CT molecular complexity index is 405. The Hall–Kier alpha value is -1.06. The Balaban J connectivity index is 2.51. The summed E-state index contributed by atoms with van der Waals surface area (Å²) in [7, 11) is 2.82. The van der Waals surface area contributed by atoms with Crippen molar-refractivity contribution in [2.75, 3.05) is 14.2 Å². The van der Waals surface area contributed by atoms with Gasteiger partial charge in [-0.15, -0.1) is 0 Å². The van der Waals surface area contributed by atoms with Crippen molar-refractivity contribution in [1.29, 1.82) is 0 Å². The molecule has 0 aromatic rings. The van der Waals surface area contributed by atoms with Gasteiger partial charge in [0.05, 0.1) is 26.1 Å². The lowest BCUT2D eigenvalue weighted by molar-refractivity contribution is -0.196. The summed E-state index contributed by atoms with van der Waals surface area (Å²) < 4.78 is 10.1. The van der Waals surface area contributed by atoms with E-state index in [1.807, 2.05) is 0 Å². The van der Waals surface area contributed by atoms with Gasteiger partial charge in [-0.2, -0.15) is 0 Å². The fourth-order valence-electron chi connectivity index (χ4n) is 4.62. The average molecular weight is 282 g/mol. The summed E-state index contributed by atoms with van der Waals surface area (Å²) in [5.74, 6) is -0.895. The van der Waals surface area contributed by atoms with Gasteiger partial charge in [0.1, 0.15) is 0 Å². The summed E-state index contributed by atoms with van der Waals surface area (Å²) in [6.45, 7) is 6.42. The molecule has 2 atom stereocenters. The highest BCUT2D eigenvalue weighted by Gasteiger charge is 2.64. The van der Waals surface area contributed by atoms with E-state index >= 15 is 0 Å². The average Bonchev–Trinajstić information content (AvgIpc) is 2.44. The maximum Gasteiger partial charge on any atom is 0.310 e. The van der Waals surface area contributed by atoms with Crippen molar-refractivity contribution in [2.24, 2.45) is 28.6 Å². The minimum absolute atomic E-state index is 0.121. The molecule has 114 valence electrons. The van der Waals surface area contributed by atoms with E-state index in [9.17, 15) is 9.59 Å². The number of fused-ring (bicyclic) bond motifs is 3. The van der Waals surface area contributed by atoms with Crippen LogP contribution < -0.4 is 0 Å². The fraction of sp³-hybridized carbons (Fsp3) is 0.875. The Kier molecular flexibility index (Phi) is 3.87. The van der Waals surface area contributed by atoms with Gasteiger partial charge < -0.3 is 9.47 Å². The third kappa shape index (κ3) is 1.95. The van der Waals surface area contributed by atoms with Gasteiger partial charge in [0.2, 0.25) is 0 Å². The molecule has 0 aromatic heterocycles. The van der Waals surface area contributed by atoms with Crippen LogP contribution in [0.15, 0.2) is 0 Å².